The highest BCUT2D eigenvalue weighted by molar-refractivity contribution is 7.47. The average Bonchev–Trinajstić information content (AvgIpc) is 2.99. The Hall–Kier alpha value is -1.76. The molecule has 0 spiro atoms. The van der Waals surface area contributed by atoms with Crippen LogP contribution in [0.25, 0.3) is 0 Å². The van der Waals surface area contributed by atoms with Crippen molar-refractivity contribution in [2.24, 2.45) is 0 Å². The predicted octanol–water partition coefficient (Wildman–Crippen LogP) is 1.73. The van der Waals surface area contributed by atoms with Crippen LogP contribution in [-0.2, 0) is 27.8 Å². The number of aryl methyl sites for hydroxylation is 1. The van der Waals surface area contributed by atoms with Crippen molar-refractivity contribution in [3.8, 4) is 0 Å². The molecule has 0 aromatic carbocycles. The number of aromatic amines is 1. The van der Waals surface area contributed by atoms with Gasteiger partial charge in [0.25, 0.3) is 5.56 Å². The molecular weight excluding hydrogens is 466 g/mol. The second-order valence-electron chi connectivity index (χ2n) is 7.07. The molecule has 1 aromatic heterocycles. The normalized spacial score (nSPS) is 25.4. The summed E-state index contributed by atoms with van der Waals surface area (Å²) in [6.07, 6.45) is -4.00. The molecule has 1 aliphatic rings. The van der Waals surface area contributed by atoms with E-state index in [-0.39, 0.29) is 17.9 Å². The Morgan fingerprint density at radius 2 is 2.16 bits per heavy atom. The minimum absolute atomic E-state index is 0.152. The van der Waals surface area contributed by atoms with Gasteiger partial charge in [0.15, 0.2) is 6.23 Å². The van der Waals surface area contributed by atoms with Crippen molar-refractivity contribution in [1.82, 2.24) is 9.55 Å². The quantitative estimate of drug-likeness (QED) is 0.227. The van der Waals surface area contributed by atoms with E-state index in [0.29, 0.717) is 0 Å². The molecule has 0 aliphatic carbocycles. The Morgan fingerprint density at radius 3 is 2.77 bits per heavy atom. The third-order valence-electron chi connectivity index (χ3n) is 4.13. The summed E-state index contributed by atoms with van der Waals surface area (Å²) in [6, 6.07) is 0. The molecule has 1 aromatic rings. The highest BCUT2D eigenvalue weighted by Crippen LogP contribution is 2.47. The van der Waals surface area contributed by atoms with Crippen LogP contribution in [0, 0.1) is 6.92 Å². The number of nitrogens with one attached hydrogen (secondary N) is 1. The lowest BCUT2D eigenvalue weighted by atomic mass is 10.0. The summed E-state index contributed by atoms with van der Waals surface area (Å²) in [5, 5.41) is 0. The van der Waals surface area contributed by atoms with Crippen LogP contribution in [0.2, 0.25) is 0 Å². The second kappa shape index (κ2) is 10.2. The maximum absolute atomic E-state index is 14.7. The number of phosphoric ester groups is 1. The van der Waals surface area contributed by atoms with Crippen LogP contribution >= 0.6 is 19.4 Å². The van der Waals surface area contributed by atoms with Gasteiger partial charge in [0.1, 0.15) is 11.8 Å². The number of aromatic nitrogens is 2. The van der Waals surface area contributed by atoms with Crippen LogP contribution in [0.15, 0.2) is 15.8 Å². The standard InChI is InChI=1S/C16H23ClFN2O10P/c1-9(2)29-15(23)26-8-28-31(24,25)27-7-16(6-17)4-11(18)13(30-16)20-5-10(3)12(21)19-14(20)22/h5,9,11,13H,4,6-8H2,1-3H3,(H,24,25)(H,19,21,22)/t11?,13?,16-/m1/s1. The summed E-state index contributed by atoms with van der Waals surface area (Å²) < 4.78 is 51.5. The fourth-order valence-corrected chi connectivity index (χ4v) is 3.57. The van der Waals surface area contributed by atoms with Gasteiger partial charge in [-0.15, -0.1) is 11.6 Å². The number of carbonyl (C=O) groups is 1. The van der Waals surface area contributed by atoms with E-state index in [4.69, 9.17) is 20.9 Å². The summed E-state index contributed by atoms with van der Waals surface area (Å²) in [6.45, 7) is 2.96. The van der Waals surface area contributed by atoms with Crippen molar-refractivity contribution in [3.05, 3.63) is 32.6 Å². The number of alkyl halides is 2. The minimum atomic E-state index is -4.74. The smallest absolute Gasteiger partial charge is 0.432 e. The van der Waals surface area contributed by atoms with Crippen LogP contribution in [-0.4, -0.2) is 57.8 Å². The third kappa shape index (κ3) is 6.86. The number of ether oxygens (including phenoxy) is 3. The zero-order chi connectivity index (χ0) is 23.4. The van der Waals surface area contributed by atoms with Gasteiger partial charge in [-0.25, -0.2) is 23.1 Å². The average molecular weight is 489 g/mol. The first kappa shape index (κ1) is 25.5. The molecule has 2 N–H and O–H groups in total. The van der Waals surface area contributed by atoms with Crippen molar-refractivity contribution in [3.63, 3.8) is 0 Å². The molecule has 0 bridgehead atoms. The lowest BCUT2D eigenvalue weighted by Crippen LogP contribution is -2.38. The molecular formula is C16H23ClFN2O10P. The van der Waals surface area contributed by atoms with E-state index < -0.39 is 62.7 Å². The first-order valence-corrected chi connectivity index (χ1v) is 11.1. The molecule has 12 nitrogen and oxygen atoms in total. The van der Waals surface area contributed by atoms with E-state index >= 15 is 0 Å². The van der Waals surface area contributed by atoms with E-state index in [1.807, 2.05) is 4.98 Å². The van der Waals surface area contributed by atoms with Crippen molar-refractivity contribution in [2.75, 3.05) is 19.3 Å². The van der Waals surface area contributed by atoms with Crippen LogP contribution in [0.4, 0.5) is 9.18 Å². The Labute approximate surface area is 180 Å². The number of halogens is 2. The lowest BCUT2D eigenvalue weighted by Gasteiger charge is -2.27. The molecule has 1 saturated heterocycles. The van der Waals surface area contributed by atoms with Gasteiger partial charge < -0.3 is 19.1 Å². The highest BCUT2D eigenvalue weighted by atomic mass is 35.5. The summed E-state index contributed by atoms with van der Waals surface area (Å²) >= 11 is 5.89. The van der Waals surface area contributed by atoms with Crippen LogP contribution < -0.4 is 11.2 Å². The number of hydrogen-bond donors (Lipinski definition) is 2. The largest absolute Gasteiger partial charge is 0.510 e. The van der Waals surface area contributed by atoms with Gasteiger partial charge in [-0.05, 0) is 20.8 Å². The van der Waals surface area contributed by atoms with Crippen LogP contribution in [0.3, 0.4) is 0 Å². The minimum Gasteiger partial charge on any atom is -0.432 e. The summed E-state index contributed by atoms with van der Waals surface area (Å²) in [4.78, 5) is 46.5. The van der Waals surface area contributed by atoms with Gasteiger partial charge in [-0.2, -0.15) is 0 Å². The van der Waals surface area contributed by atoms with Crippen LogP contribution in [0.1, 0.15) is 32.1 Å². The maximum Gasteiger partial charge on any atom is 0.510 e. The molecule has 0 amide bonds. The lowest BCUT2D eigenvalue weighted by molar-refractivity contribution is -0.0950. The fraction of sp³-hybridized carbons (Fsp3) is 0.688. The van der Waals surface area contributed by atoms with Crippen molar-refractivity contribution < 1.29 is 41.9 Å². The molecule has 176 valence electrons. The summed E-state index contributed by atoms with van der Waals surface area (Å²) in [5.74, 6) is -0.349. The maximum atomic E-state index is 14.7. The fourth-order valence-electron chi connectivity index (χ4n) is 2.66. The molecule has 0 radical (unpaired) electrons. The monoisotopic (exact) mass is 488 g/mol. The number of rotatable bonds is 9. The topological polar surface area (TPSA) is 155 Å². The molecule has 1 aliphatic heterocycles. The number of nitrogens with zero attached hydrogens (tertiary/aromatic N) is 1. The van der Waals surface area contributed by atoms with Crippen molar-refractivity contribution >= 4 is 25.6 Å². The molecule has 3 unspecified atom stereocenters. The zero-order valence-corrected chi connectivity index (χ0v) is 18.6. The van der Waals surface area contributed by atoms with Crippen molar-refractivity contribution in [1.29, 1.82) is 0 Å². The van der Waals surface area contributed by atoms with E-state index in [0.717, 1.165) is 10.8 Å². The Morgan fingerprint density at radius 1 is 1.48 bits per heavy atom. The SMILES string of the molecule is Cc1cn(C2O[C@](CCl)(COP(=O)(O)OCOC(=O)OC(C)C)CC2F)c(=O)[nH]c1=O. The first-order chi connectivity index (χ1) is 14.4. The molecule has 4 atom stereocenters. The number of phosphoric acid groups is 1. The second-order valence-corrected chi connectivity index (χ2v) is 8.79. The van der Waals surface area contributed by atoms with E-state index in [1.54, 1.807) is 13.8 Å². The summed E-state index contributed by atoms with van der Waals surface area (Å²) in [7, 11) is -4.74. The molecule has 1 fully saturated rings. The van der Waals surface area contributed by atoms with Gasteiger partial charge in [-0.3, -0.25) is 18.9 Å². The van der Waals surface area contributed by atoms with E-state index in [9.17, 15) is 28.2 Å². The van der Waals surface area contributed by atoms with Gasteiger partial charge in [-0.1, -0.05) is 0 Å². The molecule has 15 heteroatoms. The zero-order valence-electron chi connectivity index (χ0n) is 16.9. The van der Waals surface area contributed by atoms with E-state index in [2.05, 4.69) is 14.0 Å². The van der Waals surface area contributed by atoms with Gasteiger partial charge in [0, 0.05) is 18.2 Å². The molecule has 0 saturated carbocycles. The Bertz CT molecular complexity index is 953. The molecule has 31 heavy (non-hydrogen) atoms. The molecule has 2 heterocycles. The Kier molecular flexibility index (Phi) is 8.42. The third-order valence-corrected chi connectivity index (χ3v) is 5.50. The van der Waals surface area contributed by atoms with Crippen LogP contribution in [0.5, 0.6) is 0 Å². The first-order valence-electron chi connectivity index (χ1n) is 9.03. The number of H-pyrrole nitrogens is 1. The van der Waals surface area contributed by atoms with Gasteiger partial charge in [0.05, 0.1) is 18.6 Å². The predicted molar refractivity (Wildman–Crippen MR) is 104 cm³/mol. The van der Waals surface area contributed by atoms with Gasteiger partial charge >= 0.3 is 19.7 Å². The Balaban J connectivity index is 2.01. The van der Waals surface area contributed by atoms with Gasteiger partial charge in [0.2, 0.25) is 6.79 Å². The highest BCUT2D eigenvalue weighted by Gasteiger charge is 2.49. The summed E-state index contributed by atoms with van der Waals surface area (Å²) in [5.41, 5.74) is -2.94. The van der Waals surface area contributed by atoms with E-state index in [1.165, 1.54) is 6.92 Å². The number of hydrogen-bond acceptors (Lipinski definition) is 9. The van der Waals surface area contributed by atoms with Crippen molar-refractivity contribution in [2.45, 2.75) is 51.3 Å². The molecule has 2 rings (SSSR count). The number of carbonyl (C=O) groups excluding carboxylic acids is 1.